The number of ether oxygens (including phenoxy) is 3. The normalized spacial score (nSPS) is 15.2. The summed E-state index contributed by atoms with van der Waals surface area (Å²) in [5.41, 5.74) is 2.09. The number of nitrogens with zero attached hydrogens (tertiary/aromatic N) is 2. The lowest BCUT2D eigenvalue weighted by molar-refractivity contribution is -0.137. The van der Waals surface area contributed by atoms with Crippen LogP contribution >= 0.6 is 11.6 Å². The second-order valence-electron chi connectivity index (χ2n) is 9.39. The Kier molecular flexibility index (Phi) is 17.1. The third kappa shape index (κ3) is 12.8. The highest BCUT2D eigenvalue weighted by molar-refractivity contribution is 6.25. The number of imide groups is 1. The van der Waals surface area contributed by atoms with Crippen molar-refractivity contribution in [3.63, 3.8) is 0 Å². The van der Waals surface area contributed by atoms with E-state index in [2.05, 4.69) is 13.0 Å². The van der Waals surface area contributed by atoms with Crippen molar-refractivity contribution in [2.45, 2.75) is 77.2 Å². The summed E-state index contributed by atoms with van der Waals surface area (Å²) in [6.45, 7) is 2.59. The lowest BCUT2D eigenvalue weighted by Gasteiger charge is -2.19. The third-order valence-corrected chi connectivity index (χ3v) is 6.72. The number of allylic oxidation sites excluding steroid dienone is 2. The fourth-order valence-electron chi connectivity index (χ4n) is 4.02. The molecule has 0 unspecified atom stereocenters. The van der Waals surface area contributed by atoms with Gasteiger partial charge in [0.1, 0.15) is 11.5 Å². The van der Waals surface area contributed by atoms with E-state index < -0.39 is 11.8 Å². The van der Waals surface area contributed by atoms with Crippen LogP contribution in [-0.4, -0.2) is 75.1 Å². The van der Waals surface area contributed by atoms with E-state index in [0.29, 0.717) is 36.5 Å². The van der Waals surface area contributed by atoms with Crippen LogP contribution in [0.15, 0.2) is 46.9 Å². The molecule has 8 nitrogen and oxygen atoms in total. The Bertz CT molecular complexity index is 880. The molecule has 0 aromatic rings. The molecule has 3 amide bonds. The minimum atomic E-state index is -0.507. The van der Waals surface area contributed by atoms with Crippen LogP contribution in [0.25, 0.3) is 0 Å². The van der Waals surface area contributed by atoms with Crippen LogP contribution in [0.2, 0.25) is 0 Å². The van der Waals surface area contributed by atoms with Crippen molar-refractivity contribution < 1.29 is 28.6 Å². The van der Waals surface area contributed by atoms with Crippen LogP contribution in [0.4, 0.5) is 0 Å². The zero-order chi connectivity index (χ0) is 28.3. The van der Waals surface area contributed by atoms with E-state index in [1.807, 2.05) is 6.08 Å². The Morgan fingerprint density at radius 3 is 2.50 bits per heavy atom. The highest BCUT2D eigenvalue weighted by atomic mass is 35.5. The van der Waals surface area contributed by atoms with Crippen molar-refractivity contribution in [2.75, 3.05) is 41.5 Å². The lowest BCUT2D eigenvalue weighted by Crippen LogP contribution is -2.32. The first-order valence-electron chi connectivity index (χ1n) is 13.3. The predicted molar refractivity (Wildman–Crippen MR) is 150 cm³/mol. The average molecular weight is 553 g/mol. The molecule has 0 bridgehead atoms. The number of hydrogen-bond acceptors (Lipinski definition) is 6. The lowest BCUT2D eigenvalue weighted by atomic mass is 10.1. The Morgan fingerprint density at radius 1 is 1.16 bits per heavy atom. The van der Waals surface area contributed by atoms with Gasteiger partial charge in [0.25, 0.3) is 11.8 Å². The van der Waals surface area contributed by atoms with Crippen LogP contribution in [-0.2, 0) is 28.6 Å². The number of carbonyl (C=O) groups excluding carboxylic acids is 3. The van der Waals surface area contributed by atoms with Gasteiger partial charge in [0.2, 0.25) is 5.91 Å². The number of carbonyl (C=O) groups is 3. The molecular formula is C29H45ClN2O6. The van der Waals surface area contributed by atoms with Gasteiger partial charge in [-0.25, -0.2) is 0 Å². The molecule has 0 radical (unpaired) electrons. The summed E-state index contributed by atoms with van der Waals surface area (Å²) < 4.78 is 16.0. The largest absolute Gasteiger partial charge is 0.501 e. The van der Waals surface area contributed by atoms with Crippen molar-refractivity contribution >= 4 is 29.3 Å². The molecule has 1 heterocycles. The first kappa shape index (κ1) is 33.4. The van der Waals surface area contributed by atoms with E-state index in [0.717, 1.165) is 17.7 Å². The number of hydrogen-bond donors (Lipinski definition) is 0. The molecule has 1 aliphatic rings. The number of rotatable bonds is 19. The molecule has 38 heavy (non-hydrogen) atoms. The van der Waals surface area contributed by atoms with Gasteiger partial charge < -0.3 is 19.1 Å². The van der Waals surface area contributed by atoms with E-state index >= 15 is 0 Å². The van der Waals surface area contributed by atoms with Crippen LogP contribution < -0.4 is 0 Å². The third-order valence-electron chi connectivity index (χ3n) is 6.41. The molecule has 0 aliphatic carbocycles. The summed E-state index contributed by atoms with van der Waals surface area (Å²) in [7, 11) is 6.36. The van der Waals surface area contributed by atoms with Crippen molar-refractivity contribution in [3.05, 3.63) is 46.9 Å². The van der Waals surface area contributed by atoms with Crippen molar-refractivity contribution in [1.82, 2.24) is 9.80 Å². The molecule has 214 valence electrons. The number of methoxy groups -OCH3 is 3. The van der Waals surface area contributed by atoms with Gasteiger partial charge in [-0.2, -0.15) is 0 Å². The van der Waals surface area contributed by atoms with Gasteiger partial charge in [-0.05, 0) is 24.8 Å². The minimum absolute atomic E-state index is 0.00950. The van der Waals surface area contributed by atoms with Crippen molar-refractivity contribution in [3.8, 4) is 0 Å². The topological polar surface area (TPSA) is 85.4 Å². The van der Waals surface area contributed by atoms with Crippen LogP contribution in [0.3, 0.4) is 0 Å². The van der Waals surface area contributed by atoms with Gasteiger partial charge in [0.05, 0.1) is 26.9 Å². The van der Waals surface area contributed by atoms with Crippen LogP contribution in [0.5, 0.6) is 0 Å². The highest BCUT2D eigenvalue weighted by Crippen LogP contribution is 2.18. The Balaban J connectivity index is 2.47. The maximum atomic E-state index is 12.6. The van der Waals surface area contributed by atoms with Gasteiger partial charge in [-0.3, -0.25) is 19.3 Å². The number of unbranched alkanes of at least 4 members (excludes halogenated alkanes) is 4. The predicted octanol–water partition coefficient (Wildman–Crippen LogP) is 5.49. The second-order valence-corrected chi connectivity index (χ2v) is 9.61. The Morgan fingerprint density at radius 2 is 1.89 bits per heavy atom. The number of likely N-dealkylation sites (N-methyl/N-ethyl adjacent to an activating group) is 1. The average Bonchev–Trinajstić information content (AvgIpc) is 3.31. The number of amides is 3. The number of halogens is 1. The molecule has 0 saturated heterocycles. The van der Waals surface area contributed by atoms with E-state index in [9.17, 15) is 14.4 Å². The summed E-state index contributed by atoms with van der Waals surface area (Å²) in [6.07, 6.45) is 16.3. The molecule has 0 spiro atoms. The zero-order valence-electron chi connectivity index (χ0n) is 23.7. The quantitative estimate of drug-likeness (QED) is 0.0911. The molecule has 0 fully saturated rings. The van der Waals surface area contributed by atoms with E-state index in [4.69, 9.17) is 25.8 Å². The summed E-state index contributed by atoms with van der Waals surface area (Å²) in [6, 6.07) is 0. The van der Waals surface area contributed by atoms with E-state index in [1.165, 1.54) is 64.0 Å². The van der Waals surface area contributed by atoms with Crippen molar-refractivity contribution in [2.24, 2.45) is 0 Å². The molecule has 0 aromatic carbocycles. The minimum Gasteiger partial charge on any atom is -0.501 e. The van der Waals surface area contributed by atoms with Gasteiger partial charge in [0.15, 0.2) is 0 Å². The smallest absolute Gasteiger partial charge is 0.257 e. The summed E-state index contributed by atoms with van der Waals surface area (Å²) >= 11 is 6.01. The van der Waals surface area contributed by atoms with Gasteiger partial charge in [0, 0.05) is 51.2 Å². The van der Waals surface area contributed by atoms with E-state index in [1.54, 1.807) is 19.1 Å². The zero-order valence-corrected chi connectivity index (χ0v) is 24.4. The van der Waals surface area contributed by atoms with Gasteiger partial charge in [-0.1, -0.05) is 62.8 Å². The van der Waals surface area contributed by atoms with E-state index in [-0.39, 0.29) is 25.0 Å². The van der Waals surface area contributed by atoms with Gasteiger partial charge in [-0.15, -0.1) is 0 Å². The second kappa shape index (κ2) is 19.5. The fourth-order valence-corrected chi connectivity index (χ4v) is 4.17. The molecule has 1 rings (SSSR count). The fraction of sp³-hybridized carbons (Fsp3) is 0.621. The standard InChI is InChI=1S/C29H45ClN2O6/c1-6-7-8-9-11-14-24(36-3)15-12-10-13-16-27(33)31(2)21-23(20-30)17-25(37-4)18-28(34)32-22-26(38-5)19-29(32)35/h10,12,18-20,24H,6-9,11,13-17,21-22H2,1-5H3/b12-10+,23-20+,25-18?/t24-/m0/s1. The van der Waals surface area contributed by atoms with Crippen molar-refractivity contribution in [1.29, 1.82) is 0 Å². The molecular weight excluding hydrogens is 508 g/mol. The summed E-state index contributed by atoms with van der Waals surface area (Å²) in [5, 5.41) is 0. The first-order valence-corrected chi connectivity index (χ1v) is 13.8. The molecule has 9 heteroatoms. The summed E-state index contributed by atoms with van der Waals surface area (Å²) in [5.74, 6) is -0.200. The molecule has 1 atom stereocenters. The maximum absolute atomic E-state index is 12.6. The molecule has 0 N–H and O–H groups in total. The first-order chi connectivity index (χ1) is 18.3. The highest BCUT2D eigenvalue weighted by Gasteiger charge is 2.27. The Labute approximate surface area is 233 Å². The Hall–Kier alpha value is -2.58. The van der Waals surface area contributed by atoms with Crippen LogP contribution in [0, 0.1) is 0 Å². The monoisotopic (exact) mass is 552 g/mol. The van der Waals surface area contributed by atoms with Crippen LogP contribution in [0.1, 0.15) is 71.1 Å². The SMILES string of the molecule is CCCCCCC[C@@H](C/C=C/CCC(=O)N(C)C/C(=C/Cl)CC(=CC(=O)N1CC(OC)=CC1=O)OC)OC. The molecule has 1 aliphatic heterocycles. The molecule has 0 aromatic heterocycles. The summed E-state index contributed by atoms with van der Waals surface area (Å²) in [4.78, 5) is 39.8. The van der Waals surface area contributed by atoms with Gasteiger partial charge >= 0.3 is 0 Å². The maximum Gasteiger partial charge on any atom is 0.257 e. The molecule has 0 saturated carbocycles.